The van der Waals surface area contributed by atoms with Crippen LogP contribution >= 0.6 is 23.7 Å². The van der Waals surface area contributed by atoms with Crippen LogP contribution < -0.4 is 0 Å². The van der Waals surface area contributed by atoms with Crippen LogP contribution in [0.3, 0.4) is 0 Å². The standard InChI is InChI=1S/C9H11NO2S.ClH/c1-10-3-2-7-6(5-10)4-8(13-7)9(11)12;/h4H,2-3,5H2,1H3,(H,11,12);1H. The number of thiophene rings is 1. The second-order valence-electron chi connectivity index (χ2n) is 3.35. The van der Waals surface area contributed by atoms with E-state index in [0.717, 1.165) is 19.5 Å². The lowest BCUT2D eigenvalue weighted by molar-refractivity contribution is 0.0702. The molecule has 1 aliphatic rings. The average molecular weight is 234 g/mol. The summed E-state index contributed by atoms with van der Waals surface area (Å²) in [5, 5.41) is 8.80. The molecular weight excluding hydrogens is 222 g/mol. The molecule has 0 amide bonds. The molecule has 1 aromatic rings. The number of likely N-dealkylation sites (N-methyl/N-ethyl adjacent to an activating group) is 1. The zero-order chi connectivity index (χ0) is 9.42. The quantitative estimate of drug-likeness (QED) is 0.805. The summed E-state index contributed by atoms with van der Waals surface area (Å²) in [5.74, 6) is -0.804. The van der Waals surface area contributed by atoms with Gasteiger partial charge in [0, 0.05) is 18.0 Å². The maximum Gasteiger partial charge on any atom is 0.345 e. The summed E-state index contributed by atoms with van der Waals surface area (Å²) in [5.41, 5.74) is 1.19. The van der Waals surface area contributed by atoms with Crippen LogP contribution in [0.5, 0.6) is 0 Å². The van der Waals surface area contributed by atoms with Crippen LogP contribution in [-0.4, -0.2) is 29.6 Å². The number of carbonyl (C=O) groups is 1. The van der Waals surface area contributed by atoms with E-state index in [1.807, 2.05) is 0 Å². The molecule has 78 valence electrons. The minimum atomic E-state index is -0.804. The van der Waals surface area contributed by atoms with E-state index < -0.39 is 5.97 Å². The summed E-state index contributed by atoms with van der Waals surface area (Å²) in [6.45, 7) is 1.92. The van der Waals surface area contributed by atoms with Crippen molar-refractivity contribution >= 4 is 29.7 Å². The summed E-state index contributed by atoms with van der Waals surface area (Å²) in [6.07, 6.45) is 0.990. The van der Waals surface area contributed by atoms with E-state index in [-0.39, 0.29) is 12.4 Å². The Hall–Kier alpha value is -0.580. The molecule has 0 unspecified atom stereocenters. The average Bonchev–Trinajstić information content (AvgIpc) is 2.46. The Morgan fingerprint density at radius 2 is 2.36 bits per heavy atom. The summed E-state index contributed by atoms with van der Waals surface area (Å²) in [4.78, 5) is 14.6. The number of rotatable bonds is 1. The number of fused-ring (bicyclic) bond motifs is 1. The lowest BCUT2D eigenvalue weighted by Gasteiger charge is -2.21. The highest BCUT2D eigenvalue weighted by molar-refractivity contribution is 7.14. The number of carboxylic acid groups (broad SMARTS) is 1. The molecule has 0 spiro atoms. The molecule has 0 fully saturated rings. The third-order valence-corrected chi connectivity index (χ3v) is 3.49. The molecule has 0 aliphatic carbocycles. The van der Waals surface area contributed by atoms with Gasteiger partial charge in [-0.1, -0.05) is 0 Å². The van der Waals surface area contributed by atoms with E-state index in [9.17, 15) is 4.79 Å². The molecule has 1 aliphatic heterocycles. The van der Waals surface area contributed by atoms with Gasteiger partial charge in [0.15, 0.2) is 0 Å². The van der Waals surface area contributed by atoms with E-state index in [2.05, 4.69) is 11.9 Å². The molecule has 0 aromatic carbocycles. The van der Waals surface area contributed by atoms with Crippen molar-refractivity contribution in [2.75, 3.05) is 13.6 Å². The molecule has 0 bridgehead atoms. The lowest BCUT2D eigenvalue weighted by atomic mass is 10.1. The van der Waals surface area contributed by atoms with Gasteiger partial charge in [-0.05, 0) is 25.1 Å². The second-order valence-corrected chi connectivity index (χ2v) is 4.49. The molecule has 2 rings (SSSR count). The number of hydrogen-bond acceptors (Lipinski definition) is 3. The summed E-state index contributed by atoms with van der Waals surface area (Å²) < 4.78 is 0. The van der Waals surface area contributed by atoms with E-state index in [1.54, 1.807) is 6.07 Å². The Morgan fingerprint density at radius 1 is 1.64 bits per heavy atom. The zero-order valence-electron chi connectivity index (χ0n) is 7.82. The number of aromatic carboxylic acids is 1. The highest BCUT2D eigenvalue weighted by Gasteiger charge is 2.18. The first-order valence-corrected chi connectivity index (χ1v) is 5.02. The van der Waals surface area contributed by atoms with Gasteiger partial charge in [-0.2, -0.15) is 0 Å². The largest absolute Gasteiger partial charge is 0.477 e. The van der Waals surface area contributed by atoms with Gasteiger partial charge in [0.2, 0.25) is 0 Å². The highest BCUT2D eigenvalue weighted by atomic mass is 35.5. The first-order chi connectivity index (χ1) is 6.16. The van der Waals surface area contributed by atoms with Crippen LogP contribution in [0.25, 0.3) is 0 Å². The van der Waals surface area contributed by atoms with Crippen LogP contribution in [0.2, 0.25) is 0 Å². The Bertz CT molecular complexity index is 351. The van der Waals surface area contributed by atoms with E-state index in [4.69, 9.17) is 5.11 Å². The molecule has 1 N–H and O–H groups in total. The monoisotopic (exact) mass is 233 g/mol. The van der Waals surface area contributed by atoms with Gasteiger partial charge in [0.05, 0.1) is 0 Å². The normalized spacial score (nSPS) is 15.8. The predicted octanol–water partition coefficient (Wildman–Crippen LogP) is 1.86. The highest BCUT2D eigenvalue weighted by Crippen LogP contribution is 2.27. The van der Waals surface area contributed by atoms with Gasteiger partial charge < -0.3 is 10.0 Å². The number of nitrogens with zero attached hydrogens (tertiary/aromatic N) is 1. The Kier molecular flexibility index (Phi) is 3.53. The van der Waals surface area contributed by atoms with Crippen LogP contribution in [0.15, 0.2) is 6.07 Å². The summed E-state index contributed by atoms with van der Waals surface area (Å²) in [7, 11) is 2.06. The topological polar surface area (TPSA) is 40.5 Å². The molecule has 14 heavy (non-hydrogen) atoms. The van der Waals surface area contributed by atoms with Crippen molar-refractivity contribution in [1.82, 2.24) is 4.90 Å². The molecule has 0 radical (unpaired) electrons. The predicted molar refractivity (Wildman–Crippen MR) is 58.6 cm³/mol. The Balaban J connectivity index is 0.000000980. The van der Waals surface area contributed by atoms with Gasteiger partial charge in [-0.15, -0.1) is 23.7 Å². The van der Waals surface area contributed by atoms with Gasteiger partial charge >= 0.3 is 5.97 Å². The third-order valence-electron chi connectivity index (χ3n) is 2.27. The fourth-order valence-electron chi connectivity index (χ4n) is 1.58. The van der Waals surface area contributed by atoms with Crippen molar-refractivity contribution in [2.45, 2.75) is 13.0 Å². The molecule has 0 saturated carbocycles. The van der Waals surface area contributed by atoms with Gasteiger partial charge in [-0.25, -0.2) is 4.79 Å². The van der Waals surface area contributed by atoms with E-state index >= 15 is 0 Å². The van der Waals surface area contributed by atoms with Crippen molar-refractivity contribution < 1.29 is 9.90 Å². The maximum atomic E-state index is 10.7. The Labute approximate surface area is 92.8 Å². The Morgan fingerprint density at radius 3 is 3.00 bits per heavy atom. The molecule has 1 aromatic heterocycles. The molecule has 0 saturated heterocycles. The number of carboxylic acids is 1. The minimum absolute atomic E-state index is 0. The summed E-state index contributed by atoms with van der Waals surface area (Å²) >= 11 is 1.42. The van der Waals surface area contributed by atoms with Crippen molar-refractivity contribution in [3.05, 3.63) is 21.4 Å². The van der Waals surface area contributed by atoms with Crippen LogP contribution in [0.4, 0.5) is 0 Å². The van der Waals surface area contributed by atoms with E-state index in [0.29, 0.717) is 4.88 Å². The van der Waals surface area contributed by atoms with Gasteiger partial charge in [0.25, 0.3) is 0 Å². The summed E-state index contributed by atoms with van der Waals surface area (Å²) in [6, 6.07) is 1.80. The van der Waals surface area contributed by atoms with Crippen molar-refractivity contribution in [3.8, 4) is 0 Å². The molecule has 2 heterocycles. The fraction of sp³-hybridized carbons (Fsp3) is 0.444. The zero-order valence-corrected chi connectivity index (χ0v) is 9.45. The first kappa shape index (κ1) is 11.5. The fourth-order valence-corrected chi connectivity index (χ4v) is 2.58. The van der Waals surface area contributed by atoms with Crippen molar-refractivity contribution in [2.24, 2.45) is 0 Å². The maximum absolute atomic E-state index is 10.7. The SMILES string of the molecule is CN1CCc2sc(C(=O)O)cc2C1.Cl. The lowest BCUT2D eigenvalue weighted by Crippen LogP contribution is -2.25. The first-order valence-electron chi connectivity index (χ1n) is 4.20. The minimum Gasteiger partial charge on any atom is -0.477 e. The van der Waals surface area contributed by atoms with Crippen LogP contribution in [0.1, 0.15) is 20.1 Å². The van der Waals surface area contributed by atoms with Crippen LogP contribution in [-0.2, 0) is 13.0 Å². The molecular formula is C9H12ClNO2S. The van der Waals surface area contributed by atoms with Crippen molar-refractivity contribution in [1.29, 1.82) is 0 Å². The van der Waals surface area contributed by atoms with Gasteiger partial charge in [0.1, 0.15) is 4.88 Å². The van der Waals surface area contributed by atoms with E-state index in [1.165, 1.54) is 21.8 Å². The van der Waals surface area contributed by atoms with Crippen molar-refractivity contribution in [3.63, 3.8) is 0 Å². The number of hydrogen-bond donors (Lipinski definition) is 1. The smallest absolute Gasteiger partial charge is 0.345 e. The van der Waals surface area contributed by atoms with Crippen LogP contribution in [0, 0.1) is 0 Å². The number of halogens is 1. The molecule has 0 atom stereocenters. The molecule has 5 heteroatoms. The molecule has 3 nitrogen and oxygen atoms in total. The third kappa shape index (κ3) is 2.08. The second kappa shape index (κ2) is 4.29. The van der Waals surface area contributed by atoms with Gasteiger partial charge in [-0.3, -0.25) is 0 Å².